The van der Waals surface area contributed by atoms with Crippen molar-refractivity contribution in [2.45, 2.75) is 31.3 Å². The van der Waals surface area contributed by atoms with Crippen molar-refractivity contribution in [2.24, 2.45) is 0 Å². The van der Waals surface area contributed by atoms with Crippen molar-refractivity contribution in [2.75, 3.05) is 20.8 Å². The average molecular weight is 375 g/mol. The van der Waals surface area contributed by atoms with E-state index in [1.54, 1.807) is 25.6 Å². The quantitative estimate of drug-likeness (QED) is 0.825. The van der Waals surface area contributed by atoms with Gasteiger partial charge in [0.25, 0.3) is 0 Å². The van der Waals surface area contributed by atoms with Crippen LogP contribution in [0.2, 0.25) is 0 Å². The number of hydrogen-bond donors (Lipinski definition) is 1. The van der Waals surface area contributed by atoms with Crippen LogP contribution in [0.4, 0.5) is 0 Å². The van der Waals surface area contributed by atoms with Crippen molar-refractivity contribution in [3.05, 3.63) is 45.6 Å². The van der Waals surface area contributed by atoms with Gasteiger partial charge in [0, 0.05) is 17.5 Å². The number of nitrogens with one attached hydrogen (secondary N) is 1. The summed E-state index contributed by atoms with van der Waals surface area (Å²) >= 11 is 7.51. The molecule has 1 N–H and O–H groups in total. The summed E-state index contributed by atoms with van der Waals surface area (Å²) in [5.74, 6) is 1.56. The first-order chi connectivity index (χ1) is 12.2. The molecule has 0 radical (unpaired) electrons. The minimum atomic E-state index is 0.127. The van der Waals surface area contributed by atoms with E-state index in [0.29, 0.717) is 6.04 Å². The number of nitrogens with zero attached hydrogens (tertiary/aromatic N) is 1. The number of benzene rings is 1. The molecular weight excluding hydrogens is 352 g/mol. The van der Waals surface area contributed by atoms with Crippen molar-refractivity contribution in [3.63, 3.8) is 0 Å². The molecular formula is C19H22N2O2S2. The Morgan fingerprint density at radius 3 is 2.64 bits per heavy atom. The molecule has 0 saturated heterocycles. The lowest BCUT2D eigenvalue weighted by Crippen LogP contribution is -2.46. The number of ether oxygens (including phenoxy) is 2. The molecule has 4 rings (SSSR count). The molecule has 2 aromatic rings. The Morgan fingerprint density at radius 2 is 2.00 bits per heavy atom. The van der Waals surface area contributed by atoms with Gasteiger partial charge in [0.1, 0.15) is 0 Å². The number of rotatable bonds is 4. The van der Waals surface area contributed by atoms with Gasteiger partial charge >= 0.3 is 0 Å². The molecule has 1 aliphatic heterocycles. The standard InChI is InChI=1S/C19H22N2O2S2/c1-22-15-10-12-7-8-21(19(24)20-13-5-6-13)18(17-4-3-9-25-17)14(12)11-16(15)23-2/h3-4,9-11,13,18H,5-8H2,1-2H3,(H,20,24)/t18-/m1/s1. The van der Waals surface area contributed by atoms with E-state index in [1.165, 1.54) is 28.8 Å². The first kappa shape index (κ1) is 16.7. The van der Waals surface area contributed by atoms with E-state index in [9.17, 15) is 0 Å². The summed E-state index contributed by atoms with van der Waals surface area (Å²) in [5, 5.41) is 6.49. The van der Waals surface area contributed by atoms with Gasteiger partial charge in [0.2, 0.25) is 0 Å². The number of thiophene rings is 1. The Hall–Kier alpha value is -1.79. The summed E-state index contributed by atoms with van der Waals surface area (Å²) in [6, 6.07) is 9.21. The van der Waals surface area contributed by atoms with Crippen LogP contribution in [0.3, 0.4) is 0 Å². The van der Waals surface area contributed by atoms with E-state index in [2.05, 4.69) is 39.9 Å². The molecule has 6 heteroatoms. The highest BCUT2D eigenvalue weighted by Crippen LogP contribution is 2.42. The van der Waals surface area contributed by atoms with Gasteiger partial charge in [-0.2, -0.15) is 0 Å². The largest absolute Gasteiger partial charge is 0.493 e. The highest BCUT2D eigenvalue weighted by atomic mass is 32.1. The maximum Gasteiger partial charge on any atom is 0.169 e. The Labute approximate surface area is 157 Å². The molecule has 1 aromatic heterocycles. The second-order valence-electron chi connectivity index (χ2n) is 6.49. The summed E-state index contributed by atoms with van der Waals surface area (Å²) in [4.78, 5) is 3.63. The molecule has 2 aliphatic rings. The van der Waals surface area contributed by atoms with Crippen LogP contribution in [-0.2, 0) is 6.42 Å². The van der Waals surface area contributed by atoms with Crippen molar-refractivity contribution < 1.29 is 9.47 Å². The summed E-state index contributed by atoms with van der Waals surface area (Å²) in [6.45, 7) is 0.906. The molecule has 132 valence electrons. The van der Waals surface area contributed by atoms with E-state index >= 15 is 0 Å². The van der Waals surface area contributed by atoms with Crippen molar-refractivity contribution in [1.82, 2.24) is 10.2 Å². The van der Waals surface area contributed by atoms with Gasteiger partial charge in [0.15, 0.2) is 16.6 Å². The van der Waals surface area contributed by atoms with Crippen LogP contribution in [0.15, 0.2) is 29.6 Å². The second-order valence-corrected chi connectivity index (χ2v) is 7.86. The molecule has 1 atom stereocenters. The fourth-order valence-electron chi connectivity index (χ4n) is 3.40. The van der Waals surface area contributed by atoms with Gasteiger partial charge in [-0.25, -0.2) is 0 Å². The molecule has 1 aliphatic carbocycles. The van der Waals surface area contributed by atoms with E-state index in [1.807, 2.05) is 0 Å². The maximum absolute atomic E-state index is 5.74. The van der Waals surface area contributed by atoms with Gasteiger partial charge in [-0.05, 0) is 66.2 Å². The first-order valence-electron chi connectivity index (χ1n) is 8.56. The molecule has 0 unspecified atom stereocenters. The number of fused-ring (bicyclic) bond motifs is 1. The Balaban J connectivity index is 1.76. The van der Waals surface area contributed by atoms with Gasteiger partial charge in [-0.15, -0.1) is 11.3 Å². The lowest BCUT2D eigenvalue weighted by molar-refractivity contribution is 0.326. The second kappa shape index (κ2) is 6.84. The Morgan fingerprint density at radius 1 is 1.24 bits per heavy atom. The van der Waals surface area contributed by atoms with Crippen LogP contribution < -0.4 is 14.8 Å². The summed E-state index contributed by atoms with van der Waals surface area (Å²) in [6.07, 6.45) is 3.39. The Bertz CT molecular complexity index is 772. The lowest BCUT2D eigenvalue weighted by Gasteiger charge is -2.39. The van der Waals surface area contributed by atoms with Crippen molar-refractivity contribution >= 4 is 28.7 Å². The molecule has 1 saturated carbocycles. The summed E-state index contributed by atoms with van der Waals surface area (Å²) in [7, 11) is 3.37. The third-order valence-electron chi connectivity index (χ3n) is 4.85. The fraction of sp³-hybridized carbons (Fsp3) is 0.421. The maximum atomic E-state index is 5.74. The van der Waals surface area contributed by atoms with Crippen LogP contribution in [0.1, 0.15) is 34.9 Å². The molecule has 25 heavy (non-hydrogen) atoms. The normalized spacial score (nSPS) is 19.3. The van der Waals surface area contributed by atoms with E-state index in [0.717, 1.165) is 29.6 Å². The summed E-state index contributed by atoms with van der Waals surface area (Å²) < 4.78 is 11.0. The number of thiocarbonyl (C=S) groups is 1. The smallest absolute Gasteiger partial charge is 0.169 e. The van der Waals surface area contributed by atoms with E-state index < -0.39 is 0 Å². The highest BCUT2D eigenvalue weighted by molar-refractivity contribution is 7.80. The molecule has 2 heterocycles. The topological polar surface area (TPSA) is 33.7 Å². The third kappa shape index (κ3) is 3.20. The van der Waals surface area contributed by atoms with Gasteiger partial charge in [0.05, 0.1) is 20.3 Å². The minimum Gasteiger partial charge on any atom is -0.493 e. The van der Waals surface area contributed by atoms with Crippen LogP contribution in [-0.4, -0.2) is 36.8 Å². The van der Waals surface area contributed by atoms with E-state index in [-0.39, 0.29) is 6.04 Å². The zero-order chi connectivity index (χ0) is 17.4. The zero-order valence-corrected chi connectivity index (χ0v) is 16.1. The fourth-order valence-corrected chi connectivity index (χ4v) is 4.62. The number of methoxy groups -OCH3 is 2. The van der Waals surface area contributed by atoms with Crippen LogP contribution >= 0.6 is 23.6 Å². The van der Waals surface area contributed by atoms with E-state index in [4.69, 9.17) is 21.7 Å². The molecule has 4 nitrogen and oxygen atoms in total. The predicted octanol–water partition coefficient (Wildman–Crippen LogP) is 3.75. The lowest BCUT2D eigenvalue weighted by atomic mass is 9.91. The van der Waals surface area contributed by atoms with Gasteiger partial charge in [-0.3, -0.25) is 0 Å². The van der Waals surface area contributed by atoms with Crippen LogP contribution in [0.5, 0.6) is 11.5 Å². The van der Waals surface area contributed by atoms with Gasteiger partial charge < -0.3 is 19.7 Å². The van der Waals surface area contributed by atoms with Crippen molar-refractivity contribution in [3.8, 4) is 11.5 Å². The SMILES string of the molecule is COc1cc2c(cc1OC)[C@H](c1cccs1)N(C(=S)NC1CC1)CC2. The number of hydrogen-bond acceptors (Lipinski definition) is 4. The molecule has 1 aromatic carbocycles. The zero-order valence-electron chi connectivity index (χ0n) is 14.5. The van der Waals surface area contributed by atoms with Crippen molar-refractivity contribution in [1.29, 1.82) is 0 Å². The monoisotopic (exact) mass is 374 g/mol. The summed E-state index contributed by atoms with van der Waals surface area (Å²) in [5.41, 5.74) is 2.56. The van der Waals surface area contributed by atoms with Crippen LogP contribution in [0.25, 0.3) is 0 Å². The van der Waals surface area contributed by atoms with Gasteiger partial charge in [-0.1, -0.05) is 6.07 Å². The average Bonchev–Trinajstić information content (AvgIpc) is 3.28. The highest BCUT2D eigenvalue weighted by Gasteiger charge is 2.34. The Kier molecular flexibility index (Phi) is 4.56. The first-order valence-corrected chi connectivity index (χ1v) is 9.85. The predicted molar refractivity (Wildman–Crippen MR) is 105 cm³/mol. The third-order valence-corrected chi connectivity index (χ3v) is 6.13. The molecule has 0 amide bonds. The van der Waals surface area contributed by atoms with Crippen LogP contribution in [0, 0.1) is 0 Å². The molecule has 0 spiro atoms. The molecule has 0 bridgehead atoms. The minimum absolute atomic E-state index is 0.127. The molecule has 1 fully saturated rings.